The molecule has 0 atom stereocenters. The van der Waals surface area contributed by atoms with Crippen molar-refractivity contribution in [3.8, 4) is 0 Å². The van der Waals surface area contributed by atoms with E-state index in [2.05, 4.69) is 0 Å². The van der Waals surface area contributed by atoms with E-state index in [0.29, 0.717) is 26.2 Å². The van der Waals surface area contributed by atoms with Crippen molar-refractivity contribution >= 4 is 5.97 Å². The van der Waals surface area contributed by atoms with Gasteiger partial charge in [0.05, 0.1) is 26.2 Å². The van der Waals surface area contributed by atoms with E-state index in [9.17, 15) is 4.79 Å². The van der Waals surface area contributed by atoms with Crippen LogP contribution in [-0.2, 0) is 14.3 Å². The maximum atomic E-state index is 10.8. The van der Waals surface area contributed by atoms with Gasteiger partial charge in [-0.15, -0.1) is 0 Å². The van der Waals surface area contributed by atoms with Gasteiger partial charge in [-0.1, -0.05) is 0 Å². The maximum Gasteiger partial charge on any atom is 0.308 e. The highest BCUT2D eigenvalue weighted by Crippen LogP contribution is 1.97. The van der Waals surface area contributed by atoms with Gasteiger partial charge in [-0.2, -0.15) is 0 Å². The SMILES string of the molecule is CCOC(=O)CCOCC(C)(C)N. The minimum Gasteiger partial charge on any atom is -0.466 e. The van der Waals surface area contributed by atoms with Gasteiger partial charge in [-0.05, 0) is 20.8 Å². The molecule has 0 aliphatic heterocycles. The first-order valence-corrected chi connectivity index (χ1v) is 4.48. The molecule has 0 aromatic rings. The average Bonchev–Trinajstić information content (AvgIpc) is 1.97. The van der Waals surface area contributed by atoms with Crippen molar-refractivity contribution in [2.75, 3.05) is 19.8 Å². The lowest BCUT2D eigenvalue weighted by atomic mass is 10.1. The summed E-state index contributed by atoms with van der Waals surface area (Å²) in [5, 5.41) is 0. The summed E-state index contributed by atoms with van der Waals surface area (Å²) in [5.74, 6) is -0.225. The molecule has 0 aromatic heterocycles. The average molecular weight is 189 g/mol. The van der Waals surface area contributed by atoms with E-state index in [-0.39, 0.29) is 11.5 Å². The molecule has 0 spiro atoms. The van der Waals surface area contributed by atoms with E-state index < -0.39 is 0 Å². The van der Waals surface area contributed by atoms with Crippen LogP contribution in [0.4, 0.5) is 0 Å². The minimum atomic E-state index is -0.339. The Hall–Kier alpha value is -0.610. The predicted octanol–water partition coefficient (Wildman–Crippen LogP) is 0.694. The molecule has 0 amide bonds. The number of carbonyl (C=O) groups excluding carboxylic acids is 1. The van der Waals surface area contributed by atoms with Crippen LogP contribution in [0.25, 0.3) is 0 Å². The van der Waals surface area contributed by atoms with E-state index in [1.165, 1.54) is 0 Å². The fourth-order valence-electron chi connectivity index (χ4n) is 0.724. The van der Waals surface area contributed by atoms with Crippen LogP contribution in [0.15, 0.2) is 0 Å². The van der Waals surface area contributed by atoms with Crippen molar-refractivity contribution in [3.63, 3.8) is 0 Å². The third-order valence-corrected chi connectivity index (χ3v) is 1.23. The van der Waals surface area contributed by atoms with E-state index in [0.717, 1.165) is 0 Å². The van der Waals surface area contributed by atoms with Gasteiger partial charge in [0.25, 0.3) is 0 Å². The summed E-state index contributed by atoms with van der Waals surface area (Å²) in [6.07, 6.45) is 0.296. The van der Waals surface area contributed by atoms with Crippen LogP contribution >= 0.6 is 0 Å². The maximum absolute atomic E-state index is 10.8. The van der Waals surface area contributed by atoms with Gasteiger partial charge >= 0.3 is 5.97 Å². The number of hydrogen-bond acceptors (Lipinski definition) is 4. The molecule has 0 aliphatic carbocycles. The molecule has 0 saturated heterocycles. The van der Waals surface area contributed by atoms with E-state index in [1.54, 1.807) is 6.92 Å². The summed E-state index contributed by atoms with van der Waals surface area (Å²) < 4.78 is 9.91. The van der Waals surface area contributed by atoms with Gasteiger partial charge in [-0.3, -0.25) is 4.79 Å². The van der Waals surface area contributed by atoms with Crippen molar-refractivity contribution in [1.29, 1.82) is 0 Å². The molecule has 4 heteroatoms. The number of hydrogen-bond donors (Lipinski definition) is 1. The fourth-order valence-corrected chi connectivity index (χ4v) is 0.724. The van der Waals surface area contributed by atoms with Gasteiger partial charge in [-0.25, -0.2) is 0 Å². The van der Waals surface area contributed by atoms with Crippen LogP contribution in [0.1, 0.15) is 27.2 Å². The fraction of sp³-hybridized carbons (Fsp3) is 0.889. The zero-order chi connectivity index (χ0) is 10.3. The second-order valence-electron chi connectivity index (χ2n) is 3.60. The molecule has 13 heavy (non-hydrogen) atoms. The normalized spacial score (nSPS) is 11.4. The number of esters is 1. The third kappa shape index (κ3) is 9.30. The van der Waals surface area contributed by atoms with E-state index >= 15 is 0 Å². The Balaban J connectivity index is 3.31. The molecule has 0 saturated carbocycles. The molecule has 0 unspecified atom stereocenters. The topological polar surface area (TPSA) is 61.5 Å². The molecule has 0 radical (unpaired) electrons. The summed E-state index contributed by atoms with van der Waals surface area (Å²) in [7, 11) is 0. The van der Waals surface area contributed by atoms with Gasteiger partial charge in [0.15, 0.2) is 0 Å². The first-order valence-electron chi connectivity index (χ1n) is 4.48. The smallest absolute Gasteiger partial charge is 0.308 e. The summed E-state index contributed by atoms with van der Waals surface area (Å²) in [4.78, 5) is 10.8. The molecule has 78 valence electrons. The molecule has 0 fully saturated rings. The molecule has 0 aromatic carbocycles. The zero-order valence-electron chi connectivity index (χ0n) is 8.63. The van der Waals surface area contributed by atoms with Gasteiger partial charge in [0.2, 0.25) is 0 Å². The summed E-state index contributed by atoms with van der Waals surface area (Å²) in [5.41, 5.74) is 5.33. The minimum absolute atomic E-state index is 0.225. The number of ether oxygens (including phenoxy) is 2. The highest BCUT2D eigenvalue weighted by atomic mass is 16.5. The summed E-state index contributed by atoms with van der Waals surface area (Å²) in [6.45, 7) is 6.77. The standard InChI is InChI=1S/C9H19NO3/c1-4-13-8(11)5-6-12-7-9(2,3)10/h4-7,10H2,1-3H3. The number of carbonyl (C=O) groups is 1. The predicted molar refractivity (Wildman–Crippen MR) is 50.3 cm³/mol. The van der Waals surface area contributed by atoms with Crippen LogP contribution in [-0.4, -0.2) is 31.3 Å². The first-order chi connectivity index (χ1) is 5.95. The van der Waals surface area contributed by atoms with E-state index in [4.69, 9.17) is 15.2 Å². The highest BCUT2D eigenvalue weighted by Gasteiger charge is 2.10. The van der Waals surface area contributed by atoms with Crippen molar-refractivity contribution in [2.45, 2.75) is 32.7 Å². The van der Waals surface area contributed by atoms with Crippen molar-refractivity contribution in [2.24, 2.45) is 5.73 Å². The van der Waals surface area contributed by atoms with Gasteiger partial charge < -0.3 is 15.2 Å². The van der Waals surface area contributed by atoms with Crippen LogP contribution in [0.3, 0.4) is 0 Å². The third-order valence-electron chi connectivity index (χ3n) is 1.23. The lowest BCUT2D eigenvalue weighted by Gasteiger charge is -2.17. The second kappa shape index (κ2) is 5.94. The Morgan fingerprint density at radius 3 is 2.54 bits per heavy atom. The van der Waals surface area contributed by atoms with Gasteiger partial charge in [0.1, 0.15) is 0 Å². The Kier molecular flexibility index (Phi) is 5.66. The number of rotatable bonds is 6. The first kappa shape index (κ1) is 12.4. The van der Waals surface area contributed by atoms with Crippen molar-refractivity contribution in [1.82, 2.24) is 0 Å². The molecule has 0 bridgehead atoms. The van der Waals surface area contributed by atoms with Crippen LogP contribution < -0.4 is 5.73 Å². The van der Waals surface area contributed by atoms with Gasteiger partial charge in [0, 0.05) is 5.54 Å². The highest BCUT2D eigenvalue weighted by molar-refractivity contribution is 5.69. The van der Waals surface area contributed by atoms with Crippen LogP contribution in [0, 0.1) is 0 Å². The lowest BCUT2D eigenvalue weighted by Crippen LogP contribution is -2.37. The molecule has 0 rings (SSSR count). The quantitative estimate of drug-likeness (QED) is 0.493. The molecular formula is C9H19NO3. The molecule has 2 N–H and O–H groups in total. The molecule has 4 nitrogen and oxygen atoms in total. The summed E-state index contributed by atoms with van der Waals surface area (Å²) in [6, 6.07) is 0. The largest absolute Gasteiger partial charge is 0.466 e. The second-order valence-corrected chi connectivity index (χ2v) is 3.60. The molecule has 0 heterocycles. The Bertz CT molecular complexity index is 151. The van der Waals surface area contributed by atoms with Crippen molar-refractivity contribution < 1.29 is 14.3 Å². The van der Waals surface area contributed by atoms with Crippen LogP contribution in [0.5, 0.6) is 0 Å². The number of nitrogens with two attached hydrogens (primary N) is 1. The Labute approximate surface area is 79.4 Å². The Morgan fingerprint density at radius 1 is 1.46 bits per heavy atom. The van der Waals surface area contributed by atoms with E-state index in [1.807, 2.05) is 13.8 Å². The monoisotopic (exact) mass is 189 g/mol. The molecule has 0 aliphatic rings. The van der Waals surface area contributed by atoms with Crippen LogP contribution in [0.2, 0.25) is 0 Å². The Morgan fingerprint density at radius 2 is 2.08 bits per heavy atom. The van der Waals surface area contributed by atoms with Crippen molar-refractivity contribution in [3.05, 3.63) is 0 Å². The lowest BCUT2D eigenvalue weighted by molar-refractivity contribution is -0.144. The molecular weight excluding hydrogens is 170 g/mol. The summed E-state index contributed by atoms with van der Waals surface area (Å²) >= 11 is 0. The zero-order valence-corrected chi connectivity index (χ0v) is 8.63.